The third kappa shape index (κ3) is 5.22. The van der Waals surface area contributed by atoms with E-state index in [4.69, 9.17) is 0 Å². The summed E-state index contributed by atoms with van der Waals surface area (Å²) in [6, 6.07) is 23.4. The normalized spacial score (nSPS) is 10.5. The quantitative estimate of drug-likeness (QED) is 0.370. The molecule has 3 aromatic carbocycles. The molecule has 0 aliphatic rings. The molecule has 33 heavy (non-hydrogen) atoms. The molecule has 0 fully saturated rings. The van der Waals surface area contributed by atoms with Crippen molar-refractivity contribution in [3.8, 4) is 11.3 Å². The molecule has 0 radical (unpaired) electrons. The molecule has 4 rings (SSSR count). The number of carbonyl (C=O) groups excluding carboxylic acids is 1. The summed E-state index contributed by atoms with van der Waals surface area (Å²) in [6.07, 6.45) is 0. The van der Waals surface area contributed by atoms with Crippen LogP contribution in [0, 0.1) is 13.8 Å². The van der Waals surface area contributed by atoms with Crippen LogP contribution in [-0.4, -0.2) is 27.0 Å². The van der Waals surface area contributed by atoms with Gasteiger partial charge in [0.15, 0.2) is 0 Å². The Morgan fingerprint density at radius 2 is 1.64 bits per heavy atom. The molecule has 164 valence electrons. The van der Waals surface area contributed by atoms with Crippen molar-refractivity contribution in [3.63, 3.8) is 0 Å². The summed E-state index contributed by atoms with van der Waals surface area (Å²) < 4.78 is 0. The van der Waals surface area contributed by atoms with Gasteiger partial charge in [-0.05, 0) is 44.2 Å². The molecule has 0 bridgehead atoms. The molecular weight excluding hydrogens is 416 g/mol. The number of carboxylic acids is 1. The summed E-state index contributed by atoms with van der Waals surface area (Å²) in [5, 5.41) is 15.4. The average molecular weight is 438 g/mol. The molecule has 1 amide bonds. The van der Waals surface area contributed by atoms with Crippen molar-refractivity contribution in [2.45, 2.75) is 13.8 Å². The maximum atomic E-state index is 12.8. The summed E-state index contributed by atoms with van der Waals surface area (Å²) in [5.74, 6) is -0.287. The van der Waals surface area contributed by atoms with Gasteiger partial charge in [0.25, 0.3) is 5.91 Å². The van der Waals surface area contributed by atoms with Gasteiger partial charge in [0.05, 0.1) is 16.9 Å². The fourth-order valence-electron chi connectivity index (χ4n) is 3.41. The number of hydrogen-bond donors (Lipinski definition) is 3. The zero-order valence-electron chi connectivity index (χ0n) is 18.2. The zero-order chi connectivity index (χ0) is 23.4. The van der Waals surface area contributed by atoms with Crippen LogP contribution in [-0.2, 0) is 0 Å². The highest BCUT2D eigenvalue weighted by Gasteiger charge is 2.14. The third-order valence-electron chi connectivity index (χ3n) is 4.96. The summed E-state index contributed by atoms with van der Waals surface area (Å²) >= 11 is 0. The number of anilines is 3. The number of nitrogens with one attached hydrogen (secondary N) is 2. The second-order valence-electron chi connectivity index (χ2n) is 7.57. The Labute approximate surface area is 191 Å². The van der Waals surface area contributed by atoms with Gasteiger partial charge in [0.2, 0.25) is 0 Å². The van der Waals surface area contributed by atoms with E-state index in [9.17, 15) is 14.7 Å². The van der Waals surface area contributed by atoms with Gasteiger partial charge in [-0.1, -0.05) is 48.0 Å². The lowest BCUT2D eigenvalue weighted by Crippen LogP contribution is -2.15. The van der Waals surface area contributed by atoms with Gasteiger partial charge >= 0.3 is 5.97 Å². The van der Waals surface area contributed by atoms with E-state index >= 15 is 0 Å². The van der Waals surface area contributed by atoms with Crippen LogP contribution in [0.2, 0.25) is 0 Å². The lowest BCUT2D eigenvalue weighted by atomic mass is 10.1. The fraction of sp³-hybridized carbons (Fsp3) is 0.0769. The molecule has 3 N–H and O–H groups in total. The molecule has 0 unspecified atom stereocenters. The predicted octanol–water partition coefficient (Wildman–Crippen LogP) is 5.45. The number of aromatic nitrogens is 2. The van der Waals surface area contributed by atoms with Gasteiger partial charge in [-0.15, -0.1) is 0 Å². The molecular formula is C26H22N4O3. The predicted molar refractivity (Wildman–Crippen MR) is 128 cm³/mol. The molecule has 0 atom stereocenters. The molecule has 0 aliphatic carbocycles. The van der Waals surface area contributed by atoms with Gasteiger partial charge in [0, 0.05) is 22.9 Å². The molecule has 1 heterocycles. The van der Waals surface area contributed by atoms with E-state index in [2.05, 4.69) is 20.6 Å². The zero-order valence-corrected chi connectivity index (χ0v) is 18.2. The van der Waals surface area contributed by atoms with Crippen LogP contribution in [0.15, 0.2) is 78.9 Å². The SMILES string of the molecule is Cc1ccc(NC(=O)c2cccc(Nc3cc(-c4ccccc4)nc(C)n3)c2)c(C(=O)O)c1. The Hall–Kier alpha value is -4.52. The van der Waals surface area contributed by atoms with Crippen molar-refractivity contribution in [2.24, 2.45) is 0 Å². The molecule has 4 aromatic rings. The standard InChI is InChI=1S/C26H22N4O3/c1-16-11-12-22(21(13-16)26(32)33)30-25(31)19-9-6-10-20(14-19)29-24-15-23(27-17(2)28-24)18-7-4-3-5-8-18/h3-15H,1-2H3,(H,30,31)(H,32,33)(H,27,28,29). The average Bonchev–Trinajstić information content (AvgIpc) is 2.80. The number of rotatable bonds is 6. The molecule has 0 saturated heterocycles. The number of benzene rings is 3. The van der Waals surface area contributed by atoms with Gasteiger partial charge in [0.1, 0.15) is 11.6 Å². The molecule has 1 aromatic heterocycles. The Kier molecular flexibility index (Phi) is 6.13. The van der Waals surface area contributed by atoms with E-state index in [1.165, 1.54) is 6.07 Å². The third-order valence-corrected chi connectivity index (χ3v) is 4.96. The molecule has 0 aliphatic heterocycles. The minimum Gasteiger partial charge on any atom is -0.478 e. The van der Waals surface area contributed by atoms with Crippen molar-refractivity contribution in [1.29, 1.82) is 0 Å². The van der Waals surface area contributed by atoms with Crippen LogP contribution in [0.5, 0.6) is 0 Å². The maximum Gasteiger partial charge on any atom is 0.337 e. The van der Waals surface area contributed by atoms with Crippen molar-refractivity contribution in [3.05, 3.63) is 101 Å². The summed E-state index contributed by atoms with van der Waals surface area (Å²) in [4.78, 5) is 33.3. The molecule has 0 spiro atoms. The second-order valence-corrected chi connectivity index (χ2v) is 7.57. The van der Waals surface area contributed by atoms with E-state index in [0.717, 1.165) is 16.8 Å². The topological polar surface area (TPSA) is 104 Å². The number of aromatic carboxylic acids is 1. The highest BCUT2D eigenvalue weighted by Crippen LogP contribution is 2.23. The van der Waals surface area contributed by atoms with Crippen LogP contribution in [0.4, 0.5) is 17.2 Å². The van der Waals surface area contributed by atoms with E-state index in [-0.39, 0.29) is 11.3 Å². The highest BCUT2D eigenvalue weighted by molar-refractivity contribution is 6.08. The lowest BCUT2D eigenvalue weighted by molar-refractivity contribution is 0.0698. The second kappa shape index (κ2) is 9.32. The summed E-state index contributed by atoms with van der Waals surface area (Å²) in [5.41, 5.74) is 3.91. The number of hydrogen-bond acceptors (Lipinski definition) is 5. The van der Waals surface area contributed by atoms with E-state index in [0.29, 0.717) is 22.9 Å². The Bertz CT molecular complexity index is 1340. The van der Waals surface area contributed by atoms with E-state index in [1.807, 2.05) is 49.4 Å². The molecule has 7 nitrogen and oxygen atoms in total. The van der Waals surface area contributed by atoms with Crippen LogP contribution in [0.1, 0.15) is 32.1 Å². The smallest absolute Gasteiger partial charge is 0.337 e. The number of amides is 1. The maximum absolute atomic E-state index is 12.8. The van der Waals surface area contributed by atoms with Crippen molar-refractivity contribution >= 4 is 29.1 Å². The molecule has 7 heteroatoms. The van der Waals surface area contributed by atoms with Crippen LogP contribution < -0.4 is 10.6 Å². The largest absolute Gasteiger partial charge is 0.478 e. The Balaban J connectivity index is 1.56. The van der Waals surface area contributed by atoms with E-state index < -0.39 is 11.9 Å². The van der Waals surface area contributed by atoms with E-state index in [1.54, 1.807) is 37.3 Å². The van der Waals surface area contributed by atoms with Crippen molar-refractivity contribution in [2.75, 3.05) is 10.6 Å². The summed E-state index contributed by atoms with van der Waals surface area (Å²) in [6.45, 7) is 3.62. The minimum absolute atomic E-state index is 0.0440. The lowest BCUT2D eigenvalue weighted by Gasteiger charge is -2.12. The van der Waals surface area contributed by atoms with Crippen LogP contribution in [0.25, 0.3) is 11.3 Å². The first-order chi connectivity index (χ1) is 15.9. The van der Waals surface area contributed by atoms with Crippen LogP contribution in [0.3, 0.4) is 0 Å². The van der Waals surface area contributed by atoms with Gasteiger partial charge < -0.3 is 15.7 Å². The number of nitrogens with zero attached hydrogens (tertiary/aromatic N) is 2. The number of carbonyl (C=O) groups is 2. The van der Waals surface area contributed by atoms with Gasteiger partial charge in [-0.3, -0.25) is 4.79 Å². The van der Waals surface area contributed by atoms with Crippen molar-refractivity contribution in [1.82, 2.24) is 9.97 Å². The van der Waals surface area contributed by atoms with Crippen molar-refractivity contribution < 1.29 is 14.7 Å². The van der Waals surface area contributed by atoms with Gasteiger partial charge in [-0.25, -0.2) is 14.8 Å². The Morgan fingerprint density at radius 1 is 0.848 bits per heavy atom. The van der Waals surface area contributed by atoms with Gasteiger partial charge in [-0.2, -0.15) is 0 Å². The first-order valence-corrected chi connectivity index (χ1v) is 10.3. The first kappa shape index (κ1) is 21.7. The first-order valence-electron chi connectivity index (χ1n) is 10.3. The highest BCUT2D eigenvalue weighted by atomic mass is 16.4. The van der Waals surface area contributed by atoms with Crippen LogP contribution >= 0.6 is 0 Å². The Morgan fingerprint density at radius 3 is 2.39 bits per heavy atom. The number of carboxylic acid groups (broad SMARTS) is 1. The number of aryl methyl sites for hydroxylation is 2. The monoisotopic (exact) mass is 438 g/mol. The molecule has 0 saturated carbocycles. The minimum atomic E-state index is -1.10. The summed E-state index contributed by atoms with van der Waals surface area (Å²) in [7, 11) is 0. The fourth-order valence-corrected chi connectivity index (χ4v) is 3.41.